The van der Waals surface area contributed by atoms with Crippen LogP contribution in [0.4, 0.5) is 11.4 Å². The zero-order valence-corrected chi connectivity index (χ0v) is 12.2. The van der Waals surface area contributed by atoms with Crippen LogP contribution in [-0.2, 0) is 4.74 Å². The van der Waals surface area contributed by atoms with Gasteiger partial charge in [-0.25, -0.2) is 9.78 Å². The Hall–Kier alpha value is -2.08. The predicted octanol–water partition coefficient (Wildman–Crippen LogP) is 2.73. The van der Waals surface area contributed by atoms with Crippen molar-refractivity contribution in [1.29, 1.82) is 0 Å². The Kier molecular flexibility index (Phi) is 4.57. The third-order valence-electron chi connectivity index (χ3n) is 2.92. The maximum absolute atomic E-state index is 11.7. The molecule has 1 aromatic carbocycles. The van der Waals surface area contributed by atoms with Crippen LogP contribution in [0.15, 0.2) is 29.8 Å². The number of esters is 1. The number of anilines is 2. The van der Waals surface area contributed by atoms with Crippen molar-refractivity contribution in [2.24, 2.45) is 0 Å². The van der Waals surface area contributed by atoms with Gasteiger partial charge in [-0.3, -0.25) is 0 Å². The van der Waals surface area contributed by atoms with Gasteiger partial charge in [-0.1, -0.05) is 6.92 Å². The van der Waals surface area contributed by atoms with E-state index < -0.39 is 5.97 Å². The van der Waals surface area contributed by atoms with E-state index in [0.717, 1.165) is 10.7 Å². The summed E-state index contributed by atoms with van der Waals surface area (Å²) < 4.78 is 4.77. The third-order valence-corrected chi connectivity index (χ3v) is 3.93. The number of nitrogens with one attached hydrogen (secondary N) is 1. The lowest BCUT2D eigenvalue weighted by molar-refractivity contribution is 0.0602. The summed E-state index contributed by atoms with van der Waals surface area (Å²) in [5.41, 5.74) is 7.40. The van der Waals surface area contributed by atoms with E-state index >= 15 is 0 Å². The fraction of sp³-hybridized carbons (Fsp3) is 0.286. The molecule has 106 valence electrons. The molecule has 0 spiro atoms. The van der Waals surface area contributed by atoms with Crippen LogP contribution in [0.1, 0.15) is 28.2 Å². The van der Waals surface area contributed by atoms with Crippen molar-refractivity contribution in [3.63, 3.8) is 0 Å². The first kappa shape index (κ1) is 14.3. The Morgan fingerprint density at radius 1 is 1.55 bits per heavy atom. The van der Waals surface area contributed by atoms with E-state index in [9.17, 15) is 4.79 Å². The zero-order chi connectivity index (χ0) is 14.5. The highest BCUT2D eigenvalue weighted by molar-refractivity contribution is 7.09. The largest absolute Gasteiger partial charge is 0.465 e. The van der Waals surface area contributed by atoms with Crippen molar-refractivity contribution in [2.45, 2.75) is 12.8 Å². The van der Waals surface area contributed by atoms with E-state index in [2.05, 4.69) is 17.2 Å². The Morgan fingerprint density at radius 2 is 2.35 bits per heavy atom. The molecule has 1 heterocycles. The van der Waals surface area contributed by atoms with Gasteiger partial charge in [0.1, 0.15) is 0 Å². The van der Waals surface area contributed by atoms with Crippen molar-refractivity contribution >= 4 is 28.7 Å². The number of nitrogens with zero attached hydrogens (tertiary/aromatic N) is 1. The SMILES string of the molecule is COC(=O)c1cc(N)ccc1NCC(C)c1nccs1. The number of nitrogens with two attached hydrogens (primary N) is 1. The molecule has 3 N–H and O–H groups in total. The average Bonchev–Trinajstić information content (AvgIpc) is 2.99. The van der Waals surface area contributed by atoms with Gasteiger partial charge in [-0.05, 0) is 18.2 Å². The summed E-state index contributed by atoms with van der Waals surface area (Å²) in [5.74, 6) is -0.139. The van der Waals surface area contributed by atoms with Crippen molar-refractivity contribution in [2.75, 3.05) is 24.7 Å². The smallest absolute Gasteiger partial charge is 0.340 e. The van der Waals surface area contributed by atoms with Crippen LogP contribution in [0.5, 0.6) is 0 Å². The molecule has 0 aliphatic rings. The summed E-state index contributed by atoms with van der Waals surface area (Å²) in [6.45, 7) is 2.77. The third kappa shape index (κ3) is 3.27. The van der Waals surface area contributed by atoms with Gasteiger partial charge >= 0.3 is 5.97 Å². The summed E-state index contributed by atoms with van der Waals surface area (Å²) in [5, 5.41) is 6.27. The molecule has 1 unspecified atom stereocenters. The molecule has 6 heteroatoms. The normalized spacial score (nSPS) is 11.9. The number of hydrogen-bond acceptors (Lipinski definition) is 6. The number of benzene rings is 1. The molecule has 0 fully saturated rings. The van der Waals surface area contributed by atoms with E-state index in [1.54, 1.807) is 35.7 Å². The number of nitrogen functional groups attached to an aromatic ring is 1. The van der Waals surface area contributed by atoms with Gasteiger partial charge in [0.05, 0.1) is 17.7 Å². The van der Waals surface area contributed by atoms with Crippen LogP contribution in [0.3, 0.4) is 0 Å². The Morgan fingerprint density at radius 3 is 3.00 bits per heavy atom. The lowest BCUT2D eigenvalue weighted by Crippen LogP contribution is -2.13. The number of rotatable bonds is 5. The predicted molar refractivity (Wildman–Crippen MR) is 81.2 cm³/mol. The minimum Gasteiger partial charge on any atom is -0.465 e. The topological polar surface area (TPSA) is 77.2 Å². The van der Waals surface area contributed by atoms with Gasteiger partial charge in [-0.15, -0.1) is 11.3 Å². The first-order chi connectivity index (χ1) is 9.61. The molecule has 0 saturated heterocycles. The number of carbonyl (C=O) groups excluding carboxylic acids is 1. The molecule has 5 nitrogen and oxygen atoms in total. The summed E-state index contributed by atoms with van der Waals surface area (Å²) >= 11 is 1.62. The van der Waals surface area contributed by atoms with Gasteiger partial charge in [-0.2, -0.15) is 0 Å². The van der Waals surface area contributed by atoms with E-state index in [-0.39, 0.29) is 5.92 Å². The van der Waals surface area contributed by atoms with Gasteiger partial charge in [0, 0.05) is 35.4 Å². The standard InChI is InChI=1S/C14H17N3O2S/c1-9(13-16-5-6-20-13)8-17-12-4-3-10(15)7-11(12)14(18)19-2/h3-7,9,17H,8,15H2,1-2H3. The van der Waals surface area contributed by atoms with Gasteiger partial charge in [0.25, 0.3) is 0 Å². The van der Waals surface area contributed by atoms with E-state index in [0.29, 0.717) is 17.8 Å². The molecule has 20 heavy (non-hydrogen) atoms. The fourth-order valence-corrected chi connectivity index (χ4v) is 2.52. The quantitative estimate of drug-likeness (QED) is 0.654. The maximum Gasteiger partial charge on any atom is 0.340 e. The summed E-state index contributed by atoms with van der Waals surface area (Å²) in [6, 6.07) is 5.15. The average molecular weight is 291 g/mol. The molecule has 0 aliphatic heterocycles. The van der Waals surface area contributed by atoms with E-state index in [4.69, 9.17) is 10.5 Å². The molecular weight excluding hydrogens is 274 g/mol. The van der Waals surface area contributed by atoms with Gasteiger partial charge in [0.15, 0.2) is 0 Å². The van der Waals surface area contributed by atoms with Crippen LogP contribution in [0, 0.1) is 0 Å². The number of thiazole rings is 1. The molecule has 0 saturated carbocycles. The fourth-order valence-electron chi connectivity index (χ4n) is 1.82. The van der Waals surface area contributed by atoms with E-state index in [1.165, 1.54) is 7.11 Å². The number of ether oxygens (including phenoxy) is 1. The van der Waals surface area contributed by atoms with Gasteiger partial charge < -0.3 is 15.8 Å². The number of hydrogen-bond donors (Lipinski definition) is 2. The second-order valence-electron chi connectivity index (χ2n) is 4.45. The van der Waals surface area contributed by atoms with Gasteiger partial charge in [0.2, 0.25) is 0 Å². The van der Waals surface area contributed by atoms with E-state index in [1.807, 2.05) is 5.38 Å². The Labute approximate surface area is 121 Å². The minimum absolute atomic E-state index is 0.262. The Balaban J connectivity index is 2.11. The number of methoxy groups -OCH3 is 1. The monoisotopic (exact) mass is 291 g/mol. The Bertz CT molecular complexity index is 584. The highest BCUT2D eigenvalue weighted by Gasteiger charge is 2.14. The number of carbonyl (C=O) groups is 1. The number of aromatic nitrogens is 1. The summed E-state index contributed by atoms with van der Waals surface area (Å²) in [6.07, 6.45) is 1.79. The molecule has 0 radical (unpaired) electrons. The first-order valence-corrected chi connectivity index (χ1v) is 7.11. The summed E-state index contributed by atoms with van der Waals surface area (Å²) in [4.78, 5) is 16.0. The summed E-state index contributed by atoms with van der Waals surface area (Å²) in [7, 11) is 1.35. The molecule has 0 amide bonds. The molecule has 1 atom stereocenters. The minimum atomic E-state index is -0.401. The first-order valence-electron chi connectivity index (χ1n) is 6.23. The van der Waals surface area contributed by atoms with Crippen molar-refractivity contribution in [3.05, 3.63) is 40.3 Å². The molecule has 1 aromatic heterocycles. The van der Waals surface area contributed by atoms with Crippen LogP contribution < -0.4 is 11.1 Å². The molecule has 2 aromatic rings. The van der Waals surface area contributed by atoms with Crippen LogP contribution in [0.2, 0.25) is 0 Å². The van der Waals surface area contributed by atoms with Crippen molar-refractivity contribution in [3.8, 4) is 0 Å². The van der Waals surface area contributed by atoms with Crippen molar-refractivity contribution < 1.29 is 9.53 Å². The molecule has 0 bridgehead atoms. The maximum atomic E-state index is 11.7. The van der Waals surface area contributed by atoms with Crippen LogP contribution in [0.25, 0.3) is 0 Å². The lowest BCUT2D eigenvalue weighted by atomic mass is 10.1. The highest BCUT2D eigenvalue weighted by atomic mass is 32.1. The van der Waals surface area contributed by atoms with Crippen LogP contribution in [-0.4, -0.2) is 24.6 Å². The lowest BCUT2D eigenvalue weighted by Gasteiger charge is -2.14. The zero-order valence-electron chi connectivity index (χ0n) is 11.4. The second-order valence-corrected chi connectivity index (χ2v) is 5.38. The highest BCUT2D eigenvalue weighted by Crippen LogP contribution is 2.23. The second kappa shape index (κ2) is 6.38. The van der Waals surface area contributed by atoms with Crippen LogP contribution >= 0.6 is 11.3 Å². The molecule has 0 aliphatic carbocycles. The molecule has 2 rings (SSSR count). The van der Waals surface area contributed by atoms with Crippen molar-refractivity contribution in [1.82, 2.24) is 4.98 Å². The molecular formula is C14H17N3O2S.